The van der Waals surface area contributed by atoms with Gasteiger partial charge in [-0.15, -0.1) is 0 Å². The zero-order chi connectivity index (χ0) is 12.8. The van der Waals surface area contributed by atoms with Crippen molar-refractivity contribution in [1.82, 2.24) is 0 Å². The molecular weight excluding hydrogens is 235 g/mol. The minimum Gasteiger partial charge on any atom is -0.504 e. The largest absolute Gasteiger partial charge is 0.504 e. The highest BCUT2D eigenvalue weighted by Gasteiger charge is 2.42. The Kier molecular flexibility index (Phi) is 2.50. The van der Waals surface area contributed by atoms with E-state index < -0.39 is 28.8 Å². The molecule has 0 saturated heterocycles. The van der Waals surface area contributed by atoms with E-state index in [1.54, 1.807) is 0 Å². The molecule has 4 N–H and O–H groups in total. The summed E-state index contributed by atoms with van der Waals surface area (Å²) in [6.45, 7) is 0. The highest BCUT2D eigenvalue weighted by atomic mass is 19.4. The summed E-state index contributed by atoms with van der Waals surface area (Å²) >= 11 is 0. The van der Waals surface area contributed by atoms with Gasteiger partial charge in [0, 0.05) is 5.54 Å². The van der Waals surface area contributed by atoms with Crippen LogP contribution in [0.5, 0.6) is 11.5 Å². The smallest absolute Gasteiger partial charge is 0.416 e. The lowest BCUT2D eigenvalue weighted by Crippen LogP contribution is -2.26. The maximum atomic E-state index is 12.7. The van der Waals surface area contributed by atoms with Gasteiger partial charge in [0.15, 0.2) is 11.5 Å². The van der Waals surface area contributed by atoms with E-state index in [4.69, 9.17) is 10.8 Å². The molecule has 2 rings (SSSR count). The molecule has 0 atom stereocenters. The van der Waals surface area contributed by atoms with Crippen LogP contribution in [0.25, 0.3) is 0 Å². The zero-order valence-corrected chi connectivity index (χ0v) is 8.88. The Morgan fingerprint density at radius 1 is 1.18 bits per heavy atom. The average molecular weight is 247 g/mol. The molecular formula is C11H12F3NO2. The maximum absolute atomic E-state index is 12.7. The molecule has 0 bridgehead atoms. The number of nitrogens with two attached hydrogens (primary N) is 1. The monoisotopic (exact) mass is 247 g/mol. The fourth-order valence-electron chi connectivity index (χ4n) is 1.75. The molecule has 94 valence electrons. The fourth-order valence-corrected chi connectivity index (χ4v) is 1.75. The van der Waals surface area contributed by atoms with Crippen LogP contribution in [0.15, 0.2) is 12.1 Å². The van der Waals surface area contributed by atoms with Crippen molar-refractivity contribution in [2.75, 3.05) is 0 Å². The predicted octanol–water partition coefficient (Wildman–Crippen LogP) is 2.15. The molecule has 1 aliphatic rings. The highest BCUT2D eigenvalue weighted by molar-refractivity contribution is 5.47. The second kappa shape index (κ2) is 3.53. The Bertz CT molecular complexity index is 453. The Morgan fingerprint density at radius 2 is 1.71 bits per heavy atom. The first-order valence-corrected chi connectivity index (χ1v) is 5.12. The van der Waals surface area contributed by atoms with Crippen molar-refractivity contribution in [3.8, 4) is 11.5 Å². The van der Waals surface area contributed by atoms with Gasteiger partial charge in [0.05, 0.1) is 5.56 Å². The van der Waals surface area contributed by atoms with Gasteiger partial charge in [0.2, 0.25) is 0 Å². The number of aromatic hydroxyl groups is 2. The summed E-state index contributed by atoms with van der Waals surface area (Å²) in [7, 11) is 0. The van der Waals surface area contributed by atoms with E-state index in [0.717, 1.165) is 6.07 Å². The van der Waals surface area contributed by atoms with Gasteiger partial charge in [0.25, 0.3) is 0 Å². The lowest BCUT2D eigenvalue weighted by Gasteiger charge is -2.16. The molecule has 0 aliphatic heterocycles. The molecule has 0 unspecified atom stereocenters. The number of hydrogen-bond acceptors (Lipinski definition) is 3. The standard InChI is InChI=1S/C11H12F3NO2/c12-11(13,14)7-4-9(17)8(16)3-6(7)5-10(15)1-2-10/h3-4,16-17H,1-2,5,15H2. The minimum absolute atomic E-state index is 0.0513. The van der Waals surface area contributed by atoms with E-state index in [1.807, 2.05) is 0 Å². The van der Waals surface area contributed by atoms with E-state index in [9.17, 15) is 18.3 Å². The van der Waals surface area contributed by atoms with Gasteiger partial charge in [-0.1, -0.05) is 0 Å². The normalized spacial score (nSPS) is 18.1. The highest BCUT2D eigenvalue weighted by Crippen LogP contribution is 2.42. The molecule has 17 heavy (non-hydrogen) atoms. The van der Waals surface area contributed by atoms with Gasteiger partial charge >= 0.3 is 6.18 Å². The predicted molar refractivity (Wildman–Crippen MR) is 54.6 cm³/mol. The molecule has 1 aromatic carbocycles. The van der Waals surface area contributed by atoms with E-state index in [-0.39, 0.29) is 12.0 Å². The molecule has 0 amide bonds. The number of alkyl halides is 3. The number of hydrogen-bond donors (Lipinski definition) is 3. The van der Waals surface area contributed by atoms with Crippen LogP contribution in [-0.4, -0.2) is 15.8 Å². The Balaban J connectivity index is 2.44. The second-order valence-electron chi connectivity index (χ2n) is 4.53. The van der Waals surface area contributed by atoms with Crippen LogP contribution in [0, 0.1) is 0 Å². The fraction of sp³-hybridized carbons (Fsp3) is 0.455. The maximum Gasteiger partial charge on any atom is 0.416 e. The molecule has 0 heterocycles. The summed E-state index contributed by atoms with van der Waals surface area (Å²) in [5, 5.41) is 18.4. The van der Waals surface area contributed by atoms with Crippen LogP contribution in [0.4, 0.5) is 13.2 Å². The Morgan fingerprint density at radius 3 is 2.18 bits per heavy atom. The molecule has 1 aromatic rings. The summed E-state index contributed by atoms with van der Waals surface area (Å²) in [6.07, 6.45) is -3.17. The first-order chi connectivity index (χ1) is 7.71. The van der Waals surface area contributed by atoms with Crippen LogP contribution in [0.1, 0.15) is 24.0 Å². The van der Waals surface area contributed by atoms with Crippen molar-refractivity contribution in [2.24, 2.45) is 5.73 Å². The van der Waals surface area contributed by atoms with E-state index in [0.29, 0.717) is 18.9 Å². The lowest BCUT2D eigenvalue weighted by molar-refractivity contribution is -0.138. The molecule has 1 aliphatic carbocycles. The van der Waals surface area contributed by atoms with Crippen molar-refractivity contribution in [1.29, 1.82) is 0 Å². The topological polar surface area (TPSA) is 66.5 Å². The van der Waals surface area contributed by atoms with Crippen molar-refractivity contribution >= 4 is 0 Å². The van der Waals surface area contributed by atoms with Gasteiger partial charge in [-0.05, 0) is 37.0 Å². The van der Waals surface area contributed by atoms with Crippen LogP contribution in [-0.2, 0) is 12.6 Å². The van der Waals surface area contributed by atoms with Crippen LogP contribution in [0.3, 0.4) is 0 Å². The van der Waals surface area contributed by atoms with Gasteiger partial charge in [-0.3, -0.25) is 0 Å². The van der Waals surface area contributed by atoms with Crippen molar-refractivity contribution in [3.05, 3.63) is 23.3 Å². The van der Waals surface area contributed by atoms with E-state index >= 15 is 0 Å². The van der Waals surface area contributed by atoms with Crippen LogP contribution < -0.4 is 5.73 Å². The lowest BCUT2D eigenvalue weighted by atomic mass is 9.98. The third kappa shape index (κ3) is 2.46. The number of halogens is 3. The Labute approximate surface area is 95.7 Å². The third-order valence-corrected chi connectivity index (χ3v) is 2.94. The van der Waals surface area contributed by atoms with Gasteiger partial charge in [0.1, 0.15) is 0 Å². The first kappa shape index (κ1) is 12.0. The van der Waals surface area contributed by atoms with E-state index in [2.05, 4.69) is 0 Å². The quantitative estimate of drug-likeness (QED) is 0.701. The summed E-state index contributed by atoms with van der Waals surface area (Å²) in [4.78, 5) is 0. The van der Waals surface area contributed by atoms with Crippen molar-refractivity contribution < 1.29 is 23.4 Å². The second-order valence-corrected chi connectivity index (χ2v) is 4.53. The minimum atomic E-state index is -4.56. The van der Waals surface area contributed by atoms with Crippen LogP contribution >= 0.6 is 0 Å². The van der Waals surface area contributed by atoms with Crippen LogP contribution in [0.2, 0.25) is 0 Å². The first-order valence-electron chi connectivity index (χ1n) is 5.12. The number of benzene rings is 1. The summed E-state index contributed by atoms with van der Waals surface area (Å²) in [5.74, 6) is -1.33. The molecule has 1 saturated carbocycles. The molecule has 0 radical (unpaired) electrons. The molecule has 0 aromatic heterocycles. The zero-order valence-electron chi connectivity index (χ0n) is 8.88. The Hall–Kier alpha value is -1.43. The molecule has 0 spiro atoms. The summed E-state index contributed by atoms with van der Waals surface area (Å²) < 4.78 is 38.2. The summed E-state index contributed by atoms with van der Waals surface area (Å²) in [6, 6.07) is 1.47. The number of phenols is 2. The molecule has 1 fully saturated rings. The van der Waals surface area contributed by atoms with Gasteiger partial charge in [-0.2, -0.15) is 13.2 Å². The van der Waals surface area contributed by atoms with Crippen molar-refractivity contribution in [2.45, 2.75) is 31.0 Å². The third-order valence-electron chi connectivity index (χ3n) is 2.94. The van der Waals surface area contributed by atoms with Crippen molar-refractivity contribution in [3.63, 3.8) is 0 Å². The SMILES string of the molecule is NC1(Cc2cc(O)c(O)cc2C(F)(F)F)CC1. The van der Waals surface area contributed by atoms with E-state index in [1.165, 1.54) is 0 Å². The van der Waals surface area contributed by atoms with Gasteiger partial charge in [-0.25, -0.2) is 0 Å². The molecule has 6 heteroatoms. The molecule has 3 nitrogen and oxygen atoms in total. The summed E-state index contributed by atoms with van der Waals surface area (Å²) in [5.41, 5.74) is 4.16. The number of phenolic OH excluding ortho intramolecular Hbond substituents is 2. The number of rotatable bonds is 2. The average Bonchev–Trinajstić information content (AvgIpc) is 2.88. The van der Waals surface area contributed by atoms with Gasteiger partial charge < -0.3 is 15.9 Å².